The number of halogens is 3. The molecule has 0 aliphatic heterocycles. The third-order valence-corrected chi connectivity index (χ3v) is 5.11. The molecule has 0 spiro atoms. The summed E-state index contributed by atoms with van der Waals surface area (Å²) < 4.78 is 29.2. The first-order valence-corrected chi connectivity index (χ1v) is 10.0. The van der Waals surface area contributed by atoms with Gasteiger partial charge in [0.25, 0.3) is 0 Å². The first-order valence-electron chi connectivity index (χ1n) is 9.66. The molecule has 160 valence electrons. The van der Waals surface area contributed by atoms with Crippen molar-refractivity contribution in [1.82, 2.24) is 9.97 Å². The predicted molar refractivity (Wildman–Crippen MR) is 115 cm³/mol. The van der Waals surface area contributed by atoms with E-state index in [2.05, 4.69) is 9.97 Å². The Morgan fingerprint density at radius 3 is 2.39 bits per heavy atom. The molecule has 0 radical (unpaired) electrons. The van der Waals surface area contributed by atoms with Crippen LogP contribution in [-0.2, 0) is 11.2 Å². The van der Waals surface area contributed by atoms with Crippen LogP contribution in [-0.4, -0.2) is 28.7 Å². The molecule has 1 aromatic carbocycles. The summed E-state index contributed by atoms with van der Waals surface area (Å²) in [5.41, 5.74) is 1.29. The SMILES string of the molecule is CCC(=O)N(C)c1ccc(-c2ccc(C(=O)CCc3ccc(Cl)nc3)nc2)c(F)c1F. The van der Waals surface area contributed by atoms with Gasteiger partial charge < -0.3 is 4.90 Å². The van der Waals surface area contributed by atoms with Crippen molar-refractivity contribution in [1.29, 1.82) is 0 Å². The van der Waals surface area contributed by atoms with Crippen LogP contribution in [0.25, 0.3) is 11.1 Å². The Balaban J connectivity index is 1.74. The first-order chi connectivity index (χ1) is 14.8. The van der Waals surface area contributed by atoms with Gasteiger partial charge in [0, 0.05) is 43.4 Å². The van der Waals surface area contributed by atoms with Gasteiger partial charge in [0.1, 0.15) is 10.8 Å². The van der Waals surface area contributed by atoms with Gasteiger partial charge in [0.2, 0.25) is 5.91 Å². The molecule has 0 aliphatic rings. The van der Waals surface area contributed by atoms with E-state index in [-0.39, 0.29) is 41.5 Å². The molecule has 0 atom stereocenters. The van der Waals surface area contributed by atoms with Crippen molar-refractivity contribution < 1.29 is 18.4 Å². The van der Waals surface area contributed by atoms with Gasteiger partial charge in [-0.05, 0) is 36.2 Å². The van der Waals surface area contributed by atoms with Crippen molar-refractivity contribution in [3.63, 3.8) is 0 Å². The molecule has 3 aromatic rings. The normalized spacial score (nSPS) is 10.7. The van der Waals surface area contributed by atoms with Crippen molar-refractivity contribution in [3.8, 4) is 11.1 Å². The molecule has 0 aliphatic carbocycles. The number of hydrogen-bond donors (Lipinski definition) is 0. The molecule has 5 nitrogen and oxygen atoms in total. The monoisotopic (exact) mass is 443 g/mol. The number of nitrogens with zero attached hydrogens (tertiary/aromatic N) is 3. The highest BCUT2D eigenvalue weighted by Crippen LogP contribution is 2.30. The van der Waals surface area contributed by atoms with Crippen molar-refractivity contribution >= 4 is 29.0 Å². The molecular formula is C23H20ClF2N3O2. The molecular weight excluding hydrogens is 424 g/mol. The minimum atomic E-state index is -1.11. The Kier molecular flexibility index (Phi) is 7.07. The minimum Gasteiger partial charge on any atom is -0.313 e. The summed E-state index contributed by atoms with van der Waals surface area (Å²) in [4.78, 5) is 33.3. The number of hydrogen-bond acceptors (Lipinski definition) is 4. The summed E-state index contributed by atoms with van der Waals surface area (Å²) >= 11 is 5.75. The van der Waals surface area contributed by atoms with Crippen molar-refractivity contribution in [2.75, 3.05) is 11.9 Å². The zero-order valence-electron chi connectivity index (χ0n) is 17.0. The van der Waals surface area contributed by atoms with E-state index in [1.807, 2.05) is 0 Å². The Hall–Kier alpha value is -3.19. The molecule has 0 fully saturated rings. The maximum Gasteiger partial charge on any atom is 0.226 e. The van der Waals surface area contributed by atoms with Gasteiger partial charge >= 0.3 is 0 Å². The average molecular weight is 444 g/mol. The van der Waals surface area contributed by atoms with E-state index >= 15 is 0 Å². The number of carbonyl (C=O) groups excluding carboxylic acids is 2. The fraction of sp³-hybridized carbons (Fsp3) is 0.217. The molecule has 1 amide bonds. The number of aromatic nitrogens is 2. The summed E-state index contributed by atoms with van der Waals surface area (Å²) in [6, 6.07) is 9.19. The molecule has 0 saturated carbocycles. The van der Waals surface area contributed by atoms with Crippen LogP contribution in [0.3, 0.4) is 0 Å². The molecule has 0 bridgehead atoms. The fourth-order valence-corrected chi connectivity index (χ4v) is 3.16. The number of carbonyl (C=O) groups is 2. The minimum absolute atomic E-state index is 0.00247. The van der Waals surface area contributed by atoms with Gasteiger partial charge in [-0.3, -0.25) is 14.6 Å². The topological polar surface area (TPSA) is 63.2 Å². The van der Waals surface area contributed by atoms with Gasteiger partial charge in [-0.1, -0.05) is 30.7 Å². The van der Waals surface area contributed by atoms with Crippen molar-refractivity contribution in [2.45, 2.75) is 26.2 Å². The smallest absolute Gasteiger partial charge is 0.226 e. The Morgan fingerprint density at radius 1 is 1.00 bits per heavy atom. The van der Waals surface area contributed by atoms with E-state index in [0.717, 1.165) is 10.5 Å². The number of pyridine rings is 2. The largest absolute Gasteiger partial charge is 0.313 e. The second kappa shape index (κ2) is 9.75. The maximum atomic E-state index is 14.6. The molecule has 0 N–H and O–H groups in total. The lowest BCUT2D eigenvalue weighted by atomic mass is 10.0. The molecule has 2 aromatic heterocycles. The molecule has 3 rings (SSSR count). The van der Waals surface area contributed by atoms with E-state index in [1.165, 1.54) is 37.5 Å². The summed E-state index contributed by atoms with van der Waals surface area (Å²) in [5.74, 6) is -2.70. The van der Waals surface area contributed by atoms with Crippen LogP contribution >= 0.6 is 11.6 Å². The lowest BCUT2D eigenvalue weighted by molar-refractivity contribution is -0.118. The highest BCUT2D eigenvalue weighted by molar-refractivity contribution is 6.29. The lowest BCUT2D eigenvalue weighted by Crippen LogP contribution is -2.26. The summed E-state index contributed by atoms with van der Waals surface area (Å²) in [6.45, 7) is 1.64. The average Bonchev–Trinajstić information content (AvgIpc) is 2.79. The van der Waals surface area contributed by atoms with Crippen LogP contribution in [0.4, 0.5) is 14.5 Å². The number of rotatable bonds is 7. The molecule has 8 heteroatoms. The van der Waals surface area contributed by atoms with E-state index in [0.29, 0.717) is 17.1 Å². The molecule has 0 unspecified atom stereocenters. The number of amides is 1. The van der Waals surface area contributed by atoms with Crippen LogP contribution < -0.4 is 4.90 Å². The number of aryl methyl sites for hydroxylation is 1. The molecule has 2 heterocycles. The van der Waals surface area contributed by atoms with Crippen LogP contribution in [0.5, 0.6) is 0 Å². The summed E-state index contributed by atoms with van der Waals surface area (Å²) in [6.07, 6.45) is 3.82. The lowest BCUT2D eigenvalue weighted by Gasteiger charge is -2.18. The van der Waals surface area contributed by atoms with E-state index in [1.54, 1.807) is 25.3 Å². The summed E-state index contributed by atoms with van der Waals surface area (Å²) in [5, 5.41) is 0.382. The van der Waals surface area contributed by atoms with Crippen LogP contribution in [0.1, 0.15) is 35.8 Å². The standard InChI is InChI=1S/C23H20ClF2N3O2/c1-3-21(31)29(2)18-9-7-16(22(25)23(18)26)15-6-8-17(27-13-15)19(30)10-4-14-5-11-20(24)28-12-14/h5-9,11-13H,3-4,10H2,1-2H3. The Bertz CT molecular complexity index is 1100. The maximum absolute atomic E-state index is 14.6. The number of Topliss-reactive ketones (excluding diaryl/α,β-unsaturated/α-hetero) is 1. The number of anilines is 1. The van der Waals surface area contributed by atoms with Gasteiger partial charge in [-0.15, -0.1) is 0 Å². The van der Waals surface area contributed by atoms with Gasteiger partial charge in [0.05, 0.1) is 5.69 Å². The second-order valence-corrected chi connectivity index (χ2v) is 7.30. The zero-order valence-corrected chi connectivity index (χ0v) is 17.8. The van der Waals surface area contributed by atoms with E-state index < -0.39 is 11.6 Å². The third-order valence-electron chi connectivity index (χ3n) is 4.89. The summed E-state index contributed by atoms with van der Waals surface area (Å²) in [7, 11) is 1.39. The fourth-order valence-electron chi connectivity index (χ4n) is 3.05. The Labute approximate surface area is 183 Å². The van der Waals surface area contributed by atoms with Crippen molar-refractivity contribution in [2.24, 2.45) is 0 Å². The molecule has 0 saturated heterocycles. The highest BCUT2D eigenvalue weighted by atomic mass is 35.5. The van der Waals surface area contributed by atoms with Crippen molar-refractivity contribution in [3.05, 3.63) is 76.8 Å². The highest BCUT2D eigenvalue weighted by Gasteiger charge is 2.20. The van der Waals surface area contributed by atoms with Gasteiger partial charge in [0.15, 0.2) is 17.4 Å². The van der Waals surface area contributed by atoms with Crippen LogP contribution in [0.2, 0.25) is 5.15 Å². The van der Waals surface area contributed by atoms with E-state index in [9.17, 15) is 18.4 Å². The predicted octanol–water partition coefficient (Wildman–Crippen LogP) is 5.26. The van der Waals surface area contributed by atoms with Gasteiger partial charge in [-0.2, -0.15) is 0 Å². The third kappa shape index (κ3) is 5.11. The van der Waals surface area contributed by atoms with E-state index in [4.69, 9.17) is 11.6 Å². The first kappa shape index (κ1) is 22.5. The Morgan fingerprint density at radius 2 is 1.77 bits per heavy atom. The van der Waals surface area contributed by atoms with Gasteiger partial charge in [-0.25, -0.2) is 13.8 Å². The molecule has 31 heavy (non-hydrogen) atoms. The second-order valence-electron chi connectivity index (χ2n) is 6.91. The number of ketones is 1. The van der Waals surface area contributed by atoms with Crippen LogP contribution in [0, 0.1) is 11.6 Å². The number of benzene rings is 1. The zero-order chi connectivity index (χ0) is 22.5. The van der Waals surface area contributed by atoms with Crippen LogP contribution in [0.15, 0.2) is 48.8 Å². The quantitative estimate of drug-likeness (QED) is 0.369.